The smallest absolute Gasteiger partial charge is 0.264 e. The van der Waals surface area contributed by atoms with Crippen molar-refractivity contribution in [2.75, 3.05) is 7.11 Å². The molecule has 1 heterocycles. The number of ether oxygens (including phenoxy) is 1. The Bertz CT molecular complexity index is 1150. The molecule has 1 amide bonds. The molecule has 1 saturated carbocycles. The maximum absolute atomic E-state index is 13.2. The zero-order valence-electron chi connectivity index (χ0n) is 15.4. The first kappa shape index (κ1) is 18.4. The standard InChI is InChI=1S/C21H20N2O4S/c1-27-18-10-3-2-8-16(18)21(12-6-13-21)20(24)23-28(25,26)19-11-4-9-17-15(19)7-5-14-22-17/h2-5,7-11,14H,6,12-13H2,1H3,(H,23,24). The third-order valence-corrected chi connectivity index (χ3v) is 6.78. The number of hydrogen-bond acceptors (Lipinski definition) is 5. The Kier molecular flexibility index (Phi) is 4.55. The molecule has 0 bridgehead atoms. The molecule has 4 rings (SSSR count). The molecule has 0 spiro atoms. The maximum atomic E-state index is 13.2. The van der Waals surface area contributed by atoms with Crippen molar-refractivity contribution in [2.24, 2.45) is 0 Å². The third-order valence-electron chi connectivity index (χ3n) is 5.39. The maximum Gasteiger partial charge on any atom is 0.264 e. The van der Waals surface area contributed by atoms with Crippen molar-refractivity contribution in [3.63, 3.8) is 0 Å². The third kappa shape index (κ3) is 2.92. The average molecular weight is 396 g/mol. The Hall–Kier alpha value is -2.93. The van der Waals surface area contributed by atoms with E-state index in [-0.39, 0.29) is 4.90 Å². The number of amides is 1. The molecule has 1 aliphatic carbocycles. The molecule has 0 radical (unpaired) electrons. The van der Waals surface area contributed by atoms with Gasteiger partial charge in [0, 0.05) is 17.1 Å². The molecular formula is C21H20N2O4S. The van der Waals surface area contributed by atoms with Gasteiger partial charge in [0.05, 0.1) is 22.9 Å². The summed E-state index contributed by atoms with van der Waals surface area (Å²) in [5.74, 6) is 0.0632. The lowest BCUT2D eigenvalue weighted by molar-refractivity contribution is -0.128. The van der Waals surface area contributed by atoms with E-state index in [1.54, 1.807) is 43.6 Å². The number of fused-ring (bicyclic) bond motifs is 1. The number of benzene rings is 2. The van der Waals surface area contributed by atoms with E-state index >= 15 is 0 Å². The fourth-order valence-corrected chi connectivity index (χ4v) is 5.04. The molecule has 1 aliphatic rings. The summed E-state index contributed by atoms with van der Waals surface area (Å²) in [7, 11) is -2.51. The van der Waals surface area contributed by atoms with Crippen LogP contribution in [0.1, 0.15) is 24.8 Å². The monoisotopic (exact) mass is 396 g/mol. The number of hydrogen-bond donors (Lipinski definition) is 1. The van der Waals surface area contributed by atoms with Gasteiger partial charge in [-0.3, -0.25) is 9.78 Å². The van der Waals surface area contributed by atoms with Gasteiger partial charge >= 0.3 is 0 Å². The number of carbonyl (C=O) groups is 1. The van der Waals surface area contributed by atoms with Crippen molar-refractivity contribution in [1.82, 2.24) is 9.71 Å². The highest BCUT2D eigenvalue weighted by Gasteiger charge is 2.48. The number of carbonyl (C=O) groups excluding carboxylic acids is 1. The summed E-state index contributed by atoms with van der Waals surface area (Å²) < 4.78 is 33.8. The minimum absolute atomic E-state index is 0.0425. The molecule has 1 aromatic heterocycles. The lowest BCUT2D eigenvalue weighted by Gasteiger charge is -2.41. The Balaban J connectivity index is 1.72. The predicted molar refractivity (Wildman–Crippen MR) is 106 cm³/mol. The van der Waals surface area contributed by atoms with Crippen LogP contribution in [-0.2, 0) is 20.2 Å². The summed E-state index contributed by atoms with van der Waals surface area (Å²) in [5.41, 5.74) is 0.375. The normalized spacial score (nSPS) is 15.6. The van der Waals surface area contributed by atoms with Crippen molar-refractivity contribution >= 4 is 26.8 Å². The second-order valence-corrected chi connectivity index (χ2v) is 8.55. The molecule has 2 aromatic carbocycles. The van der Waals surface area contributed by atoms with Gasteiger partial charge in [0.15, 0.2) is 0 Å². The largest absolute Gasteiger partial charge is 0.496 e. The topological polar surface area (TPSA) is 85.4 Å². The number of sulfonamides is 1. The fraction of sp³-hybridized carbons (Fsp3) is 0.238. The van der Waals surface area contributed by atoms with Gasteiger partial charge in [0.25, 0.3) is 10.0 Å². The van der Waals surface area contributed by atoms with Gasteiger partial charge in [-0.15, -0.1) is 0 Å². The number of pyridine rings is 1. The van der Waals surface area contributed by atoms with Crippen LogP contribution < -0.4 is 9.46 Å². The predicted octanol–water partition coefficient (Wildman–Crippen LogP) is 3.17. The first-order valence-electron chi connectivity index (χ1n) is 9.02. The highest BCUT2D eigenvalue weighted by molar-refractivity contribution is 7.90. The van der Waals surface area contributed by atoms with Gasteiger partial charge in [0.1, 0.15) is 5.75 Å². The lowest BCUT2D eigenvalue weighted by atomic mass is 9.63. The average Bonchev–Trinajstić information content (AvgIpc) is 2.66. The Morgan fingerprint density at radius 3 is 2.57 bits per heavy atom. The first-order chi connectivity index (χ1) is 13.5. The van der Waals surface area contributed by atoms with Crippen molar-refractivity contribution in [2.45, 2.75) is 29.6 Å². The minimum atomic E-state index is -4.05. The number of nitrogens with zero attached hydrogens (tertiary/aromatic N) is 1. The van der Waals surface area contributed by atoms with E-state index in [0.29, 0.717) is 29.5 Å². The van der Waals surface area contributed by atoms with Crippen LogP contribution in [0.2, 0.25) is 0 Å². The van der Waals surface area contributed by atoms with Crippen LogP contribution in [0.4, 0.5) is 0 Å². The van der Waals surface area contributed by atoms with Crippen molar-refractivity contribution in [3.8, 4) is 5.75 Å². The Labute approximate surface area is 163 Å². The number of methoxy groups -OCH3 is 1. The molecule has 0 unspecified atom stereocenters. The summed E-state index contributed by atoms with van der Waals surface area (Å²) in [6.45, 7) is 0. The van der Waals surface area contributed by atoms with Gasteiger partial charge in [-0.05, 0) is 43.2 Å². The SMILES string of the molecule is COc1ccccc1C1(C(=O)NS(=O)(=O)c2cccc3ncccc23)CCC1. The Morgan fingerprint density at radius 1 is 1.07 bits per heavy atom. The molecule has 1 N–H and O–H groups in total. The highest BCUT2D eigenvalue weighted by Crippen LogP contribution is 2.47. The van der Waals surface area contributed by atoms with E-state index in [0.717, 1.165) is 12.0 Å². The van der Waals surface area contributed by atoms with E-state index < -0.39 is 21.3 Å². The van der Waals surface area contributed by atoms with Crippen LogP contribution in [0, 0.1) is 0 Å². The second kappa shape index (κ2) is 6.91. The number of nitrogens with one attached hydrogen (secondary N) is 1. The van der Waals surface area contributed by atoms with E-state index in [2.05, 4.69) is 9.71 Å². The van der Waals surface area contributed by atoms with E-state index in [1.165, 1.54) is 6.07 Å². The summed E-state index contributed by atoms with van der Waals surface area (Å²) >= 11 is 0. The van der Waals surface area contributed by atoms with E-state index in [4.69, 9.17) is 4.74 Å². The van der Waals surface area contributed by atoms with Gasteiger partial charge in [-0.2, -0.15) is 0 Å². The summed E-state index contributed by atoms with van der Waals surface area (Å²) in [6.07, 6.45) is 3.60. The van der Waals surface area contributed by atoms with Gasteiger partial charge in [-0.25, -0.2) is 13.1 Å². The molecule has 1 fully saturated rings. The van der Waals surface area contributed by atoms with Gasteiger partial charge in [0.2, 0.25) is 5.91 Å². The molecule has 0 atom stereocenters. The fourth-order valence-electron chi connectivity index (χ4n) is 3.77. The lowest BCUT2D eigenvalue weighted by Crippen LogP contribution is -2.51. The van der Waals surface area contributed by atoms with Crippen LogP contribution in [0.15, 0.2) is 65.7 Å². The van der Waals surface area contributed by atoms with Crippen LogP contribution >= 0.6 is 0 Å². The molecular weight excluding hydrogens is 376 g/mol. The molecule has 0 aliphatic heterocycles. The molecule has 3 aromatic rings. The van der Waals surface area contributed by atoms with Crippen LogP contribution in [-0.4, -0.2) is 26.4 Å². The highest BCUT2D eigenvalue weighted by atomic mass is 32.2. The number of rotatable bonds is 5. The summed E-state index contributed by atoms with van der Waals surface area (Å²) in [4.78, 5) is 17.4. The number of aromatic nitrogens is 1. The van der Waals surface area contributed by atoms with Crippen LogP contribution in [0.5, 0.6) is 5.75 Å². The molecule has 6 nitrogen and oxygen atoms in total. The quantitative estimate of drug-likeness (QED) is 0.716. The molecule has 28 heavy (non-hydrogen) atoms. The zero-order valence-corrected chi connectivity index (χ0v) is 16.2. The van der Waals surface area contributed by atoms with Crippen molar-refractivity contribution in [3.05, 3.63) is 66.4 Å². The number of para-hydroxylation sites is 1. The summed E-state index contributed by atoms with van der Waals surface area (Å²) in [5, 5.41) is 0.477. The minimum Gasteiger partial charge on any atom is -0.496 e. The van der Waals surface area contributed by atoms with Crippen molar-refractivity contribution < 1.29 is 17.9 Å². The van der Waals surface area contributed by atoms with Crippen LogP contribution in [0.3, 0.4) is 0 Å². The van der Waals surface area contributed by atoms with Crippen LogP contribution in [0.25, 0.3) is 10.9 Å². The van der Waals surface area contributed by atoms with Gasteiger partial charge in [-0.1, -0.05) is 30.7 Å². The molecule has 144 valence electrons. The zero-order chi connectivity index (χ0) is 19.8. The van der Waals surface area contributed by atoms with E-state index in [9.17, 15) is 13.2 Å². The molecule has 0 saturated heterocycles. The van der Waals surface area contributed by atoms with E-state index in [1.807, 2.05) is 18.2 Å². The summed E-state index contributed by atoms with van der Waals surface area (Å²) in [6, 6.07) is 15.5. The first-order valence-corrected chi connectivity index (χ1v) is 10.5. The van der Waals surface area contributed by atoms with Gasteiger partial charge < -0.3 is 4.74 Å². The second-order valence-electron chi connectivity index (χ2n) is 6.90. The Morgan fingerprint density at radius 2 is 1.86 bits per heavy atom. The van der Waals surface area contributed by atoms with Crippen molar-refractivity contribution in [1.29, 1.82) is 0 Å². The molecule has 7 heteroatoms.